The maximum atomic E-state index is 14.2. The molecule has 0 unspecified atom stereocenters. The Hall–Kier alpha value is -3.54. The van der Waals surface area contributed by atoms with Gasteiger partial charge in [0.2, 0.25) is 5.95 Å². The molecule has 3 aromatic rings. The third-order valence-corrected chi connectivity index (χ3v) is 4.75. The van der Waals surface area contributed by atoms with Crippen molar-refractivity contribution in [2.45, 2.75) is 24.4 Å². The lowest BCUT2D eigenvalue weighted by Gasteiger charge is -2.43. The lowest BCUT2D eigenvalue weighted by atomic mass is 9.65. The van der Waals surface area contributed by atoms with Gasteiger partial charge in [0.15, 0.2) is 5.82 Å². The minimum Gasteiger partial charge on any atom is -0.353 e. The maximum Gasteiger partial charge on any atom is 0.222 e. The Labute approximate surface area is 159 Å². The molecule has 0 saturated heterocycles. The van der Waals surface area contributed by atoms with Crippen molar-refractivity contribution in [3.63, 3.8) is 0 Å². The van der Waals surface area contributed by atoms with Crippen molar-refractivity contribution < 1.29 is 8.78 Å². The molecular weight excluding hydrogens is 364 g/mol. The van der Waals surface area contributed by atoms with Crippen LogP contribution in [0.5, 0.6) is 0 Å². The largest absolute Gasteiger partial charge is 0.353 e. The first kappa shape index (κ1) is 17.9. The van der Waals surface area contributed by atoms with Crippen LogP contribution in [0.25, 0.3) is 11.4 Å². The Balaban J connectivity index is 1.50. The third-order valence-electron chi connectivity index (χ3n) is 4.75. The van der Waals surface area contributed by atoms with Gasteiger partial charge < -0.3 is 5.32 Å². The zero-order valence-corrected chi connectivity index (χ0v) is 14.7. The molecular formula is C19H15F2N7. The molecule has 140 valence electrons. The highest BCUT2D eigenvalue weighted by Crippen LogP contribution is 2.45. The van der Waals surface area contributed by atoms with Gasteiger partial charge in [-0.1, -0.05) is 0 Å². The molecule has 1 aliphatic carbocycles. The van der Waals surface area contributed by atoms with Crippen LogP contribution < -0.4 is 5.32 Å². The summed E-state index contributed by atoms with van der Waals surface area (Å²) in [6.45, 7) is 0.265. The second-order valence-electron chi connectivity index (χ2n) is 6.65. The lowest BCUT2D eigenvalue weighted by Crippen LogP contribution is -2.49. The van der Waals surface area contributed by atoms with E-state index in [-0.39, 0.29) is 30.8 Å². The minimum atomic E-state index is -0.976. The molecule has 0 bridgehead atoms. The highest BCUT2D eigenvalue weighted by molar-refractivity contribution is 5.53. The number of alkyl halides is 1. The molecule has 28 heavy (non-hydrogen) atoms. The fourth-order valence-electron chi connectivity index (χ4n) is 3.33. The number of nitrogens with one attached hydrogen (secondary N) is 1. The van der Waals surface area contributed by atoms with Gasteiger partial charge in [-0.05, 0) is 31.0 Å². The summed E-state index contributed by atoms with van der Waals surface area (Å²) in [5.74, 6) is 0.220. The molecule has 0 amide bonds. The average Bonchev–Trinajstić information content (AvgIpc) is 2.71. The van der Waals surface area contributed by atoms with Crippen LogP contribution in [0.1, 0.15) is 24.2 Å². The van der Waals surface area contributed by atoms with Crippen LogP contribution in [-0.2, 0) is 5.41 Å². The van der Waals surface area contributed by atoms with Gasteiger partial charge in [0.05, 0.1) is 11.3 Å². The van der Waals surface area contributed by atoms with Gasteiger partial charge in [0.1, 0.15) is 23.8 Å². The molecule has 0 aliphatic heterocycles. The predicted molar refractivity (Wildman–Crippen MR) is 96.3 cm³/mol. The van der Waals surface area contributed by atoms with Gasteiger partial charge in [0.25, 0.3) is 0 Å². The van der Waals surface area contributed by atoms with Crippen LogP contribution in [0.4, 0.5) is 14.7 Å². The zero-order valence-electron chi connectivity index (χ0n) is 14.7. The fourth-order valence-corrected chi connectivity index (χ4v) is 3.33. The van der Waals surface area contributed by atoms with E-state index in [2.05, 4.69) is 30.2 Å². The van der Waals surface area contributed by atoms with E-state index < -0.39 is 17.4 Å². The maximum absolute atomic E-state index is 14.2. The van der Waals surface area contributed by atoms with Crippen LogP contribution >= 0.6 is 0 Å². The first-order valence-electron chi connectivity index (χ1n) is 8.64. The number of nitriles is 1. The Morgan fingerprint density at radius 3 is 2.61 bits per heavy atom. The van der Waals surface area contributed by atoms with Gasteiger partial charge >= 0.3 is 0 Å². The highest BCUT2D eigenvalue weighted by atomic mass is 19.1. The number of hydrogen-bond acceptors (Lipinski definition) is 7. The van der Waals surface area contributed by atoms with Crippen molar-refractivity contribution >= 4 is 5.95 Å². The number of aromatic nitrogens is 5. The van der Waals surface area contributed by atoms with Gasteiger partial charge in [0, 0.05) is 36.7 Å². The molecule has 1 aliphatic rings. The quantitative estimate of drug-likeness (QED) is 0.727. The van der Waals surface area contributed by atoms with E-state index in [1.165, 1.54) is 43.0 Å². The SMILES string of the molecule is N#Cc1ccnc(-c2cnc(NCC3(c4ncccc4F)CC(F)C3)nc2)n1. The summed E-state index contributed by atoms with van der Waals surface area (Å²) in [7, 11) is 0. The van der Waals surface area contributed by atoms with E-state index in [1.807, 2.05) is 6.07 Å². The summed E-state index contributed by atoms with van der Waals surface area (Å²) in [5, 5.41) is 12.0. The summed E-state index contributed by atoms with van der Waals surface area (Å²) in [5.41, 5.74) is 0.337. The van der Waals surface area contributed by atoms with E-state index >= 15 is 0 Å². The number of rotatable bonds is 5. The van der Waals surface area contributed by atoms with E-state index in [4.69, 9.17) is 5.26 Å². The summed E-state index contributed by atoms with van der Waals surface area (Å²) in [4.78, 5) is 20.7. The average molecular weight is 379 g/mol. The fraction of sp³-hybridized carbons (Fsp3) is 0.263. The first-order chi connectivity index (χ1) is 13.6. The van der Waals surface area contributed by atoms with Gasteiger partial charge in [-0.15, -0.1) is 0 Å². The Morgan fingerprint density at radius 1 is 1.14 bits per heavy atom. The molecule has 1 N–H and O–H groups in total. The summed E-state index contributed by atoms with van der Waals surface area (Å²) >= 11 is 0. The topological polar surface area (TPSA) is 100 Å². The van der Waals surface area contributed by atoms with Crippen molar-refractivity contribution in [2.75, 3.05) is 11.9 Å². The molecule has 1 saturated carbocycles. The summed E-state index contributed by atoms with van der Waals surface area (Å²) < 4.78 is 27.8. The number of anilines is 1. The molecule has 0 radical (unpaired) electrons. The second kappa shape index (κ2) is 7.23. The summed E-state index contributed by atoms with van der Waals surface area (Å²) in [6, 6.07) is 6.30. The summed E-state index contributed by atoms with van der Waals surface area (Å²) in [6.07, 6.45) is 5.46. The van der Waals surface area contributed by atoms with Crippen LogP contribution in [0, 0.1) is 17.1 Å². The molecule has 0 spiro atoms. The number of nitrogens with zero attached hydrogens (tertiary/aromatic N) is 6. The van der Waals surface area contributed by atoms with Crippen molar-refractivity contribution in [1.29, 1.82) is 5.26 Å². The minimum absolute atomic E-state index is 0.195. The standard InChI is InChI=1S/C19H15F2N7/c20-13-6-19(7-13,16-15(21)2-1-4-23-16)11-27-18-25-9-12(10-26-18)17-24-5-3-14(8-22)28-17/h1-5,9-10,13H,6-7,11H2,(H,25,26,27). The highest BCUT2D eigenvalue weighted by Gasteiger charge is 2.48. The van der Waals surface area contributed by atoms with Crippen LogP contribution in [-0.4, -0.2) is 37.6 Å². The Kier molecular flexibility index (Phi) is 4.61. The van der Waals surface area contributed by atoms with Crippen molar-refractivity contribution in [1.82, 2.24) is 24.9 Å². The number of pyridine rings is 1. The molecule has 3 aromatic heterocycles. The van der Waals surface area contributed by atoms with E-state index in [1.54, 1.807) is 0 Å². The van der Waals surface area contributed by atoms with E-state index in [0.29, 0.717) is 17.3 Å². The number of hydrogen-bond donors (Lipinski definition) is 1. The lowest BCUT2D eigenvalue weighted by molar-refractivity contribution is 0.0963. The molecule has 0 atom stereocenters. The molecule has 3 heterocycles. The van der Waals surface area contributed by atoms with Gasteiger partial charge in [-0.25, -0.2) is 28.7 Å². The van der Waals surface area contributed by atoms with Crippen LogP contribution in [0.15, 0.2) is 43.0 Å². The van der Waals surface area contributed by atoms with Crippen molar-refractivity contribution in [2.24, 2.45) is 0 Å². The monoisotopic (exact) mass is 379 g/mol. The third kappa shape index (κ3) is 3.36. The molecule has 1 fully saturated rings. The Bertz CT molecular complexity index is 1030. The molecule has 4 rings (SSSR count). The van der Waals surface area contributed by atoms with Crippen molar-refractivity contribution in [3.05, 3.63) is 60.2 Å². The molecule has 7 nitrogen and oxygen atoms in total. The van der Waals surface area contributed by atoms with Gasteiger partial charge in [-0.3, -0.25) is 4.98 Å². The van der Waals surface area contributed by atoms with Gasteiger partial charge in [-0.2, -0.15) is 5.26 Å². The smallest absolute Gasteiger partial charge is 0.222 e. The molecule has 9 heteroatoms. The van der Waals surface area contributed by atoms with Crippen molar-refractivity contribution in [3.8, 4) is 17.5 Å². The van der Waals surface area contributed by atoms with Crippen LogP contribution in [0.2, 0.25) is 0 Å². The van der Waals surface area contributed by atoms with E-state index in [9.17, 15) is 8.78 Å². The van der Waals surface area contributed by atoms with E-state index in [0.717, 1.165) is 0 Å². The Morgan fingerprint density at radius 2 is 1.93 bits per heavy atom. The normalized spacial score (nSPS) is 20.8. The first-order valence-corrected chi connectivity index (χ1v) is 8.64. The second-order valence-corrected chi connectivity index (χ2v) is 6.65. The predicted octanol–water partition coefficient (Wildman–Crippen LogP) is 2.82. The molecule has 0 aromatic carbocycles. The zero-order chi connectivity index (χ0) is 19.6. The number of halogens is 2. The van der Waals surface area contributed by atoms with Crippen LogP contribution in [0.3, 0.4) is 0 Å².